The van der Waals surface area contributed by atoms with E-state index in [0.717, 1.165) is 6.29 Å². The number of carbonyl (C=O) groups is 2. The highest BCUT2D eigenvalue weighted by molar-refractivity contribution is 7.84. The minimum absolute atomic E-state index is 0. The third kappa shape index (κ3) is 11.3. The van der Waals surface area contributed by atoms with E-state index in [1.54, 1.807) is 0 Å². The molecule has 0 aliphatic carbocycles. The lowest BCUT2D eigenvalue weighted by atomic mass is 9.93. The van der Waals surface area contributed by atoms with Crippen LogP contribution in [-0.2, 0) is 41.0 Å². The zero-order valence-electron chi connectivity index (χ0n) is 19.6. The predicted octanol–water partition coefficient (Wildman–Crippen LogP) is 2.46. The second-order valence-corrected chi connectivity index (χ2v) is 13.8. The molecule has 2 aliphatic heterocycles. The standard InChI is InChI=1S/C11H17NO3S.C10H19NO3S.2CH4/c1-9(13)5-6-11(7-15-8-11)12-16(14)10(2,3)4;1-9(2,3)15(13)11-10(5-4-6-12)7-14-8-10;;/h12H,7-8H2,1-4H3;6,11H,4-5,7-8H2,1-3H3;2*1H4. The molecule has 0 radical (unpaired) electrons. The van der Waals surface area contributed by atoms with Gasteiger partial charge in [-0.15, -0.1) is 0 Å². The average Bonchev–Trinajstić information content (AvgIpc) is 2.57. The van der Waals surface area contributed by atoms with Crippen LogP contribution in [0.15, 0.2) is 0 Å². The van der Waals surface area contributed by atoms with E-state index >= 15 is 0 Å². The molecule has 33 heavy (non-hydrogen) atoms. The SMILES string of the molecule is C.C.CC(=O)C#CC1(NS(=O)C(C)(C)C)COC1.CC(C)(C)S(=O)NC1(CCC=O)COC1. The Kier molecular flexibility index (Phi) is 14.3. The number of carbonyl (C=O) groups excluding carboxylic acids is 2. The van der Waals surface area contributed by atoms with Gasteiger partial charge in [-0.1, -0.05) is 20.8 Å². The van der Waals surface area contributed by atoms with Crippen LogP contribution in [0.25, 0.3) is 0 Å². The molecule has 2 N–H and O–H groups in total. The summed E-state index contributed by atoms with van der Waals surface area (Å²) in [4.78, 5) is 21.1. The maximum Gasteiger partial charge on any atom is 0.202 e. The smallest absolute Gasteiger partial charge is 0.202 e. The summed E-state index contributed by atoms with van der Waals surface area (Å²) < 4.78 is 39.4. The highest BCUT2D eigenvalue weighted by Crippen LogP contribution is 2.25. The topological polar surface area (TPSA) is 111 Å². The van der Waals surface area contributed by atoms with Gasteiger partial charge in [-0.3, -0.25) is 4.79 Å². The van der Waals surface area contributed by atoms with Crippen molar-refractivity contribution in [3.63, 3.8) is 0 Å². The van der Waals surface area contributed by atoms with Crippen LogP contribution in [0.1, 0.15) is 76.2 Å². The Hall–Kier alpha value is -0.960. The summed E-state index contributed by atoms with van der Waals surface area (Å²) in [5, 5.41) is 0. The fourth-order valence-corrected chi connectivity index (χ4v) is 4.04. The number of nitrogens with one attached hydrogen (secondary N) is 2. The van der Waals surface area contributed by atoms with Gasteiger partial charge in [0.15, 0.2) is 0 Å². The molecule has 0 aromatic rings. The van der Waals surface area contributed by atoms with E-state index in [9.17, 15) is 18.0 Å². The molecule has 194 valence electrons. The Morgan fingerprint density at radius 2 is 1.39 bits per heavy atom. The van der Waals surface area contributed by atoms with E-state index < -0.39 is 27.5 Å². The van der Waals surface area contributed by atoms with Gasteiger partial charge in [0.05, 0.1) is 63.4 Å². The molecule has 2 rings (SSSR count). The summed E-state index contributed by atoms with van der Waals surface area (Å²) in [6, 6.07) is 0. The van der Waals surface area contributed by atoms with Gasteiger partial charge in [0.1, 0.15) is 11.8 Å². The molecule has 0 spiro atoms. The Labute approximate surface area is 205 Å². The van der Waals surface area contributed by atoms with E-state index in [1.807, 2.05) is 41.5 Å². The van der Waals surface area contributed by atoms with E-state index in [0.29, 0.717) is 39.3 Å². The Morgan fingerprint density at radius 1 is 0.939 bits per heavy atom. The number of rotatable bonds is 7. The Morgan fingerprint density at radius 3 is 1.70 bits per heavy atom. The minimum atomic E-state index is -1.21. The summed E-state index contributed by atoms with van der Waals surface area (Å²) in [6.45, 7) is 14.6. The van der Waals surface area contributed by atoms with Crippen molar-refractivity contribution in [1.29, 1.82) is 0 Å². The van der Waals surface area contributed by atoms with Crippen LogP contribution in [0.4, 0.5) is 0 Å². The van der Waals surface area contributed by atoms with E-state index in [-0.39, 0.29) is 35.7 Å². The maximum atomic E-state index is 11.9. The first kappa shape index (κ1) is 34.2. The molecular weight excluding hydrogens is 464 g/mol. The lowest BCUT2D eigenvalue weighted by molar-refractivity contribution is -0.112. The first-order valence-electron chi connectivity index (χ1n) is 10.2. The molecule has 0 amide bonds. The number of hydrogen-bond donors (Lipinski definition) is 2. The van der Waals surface area contributed by atoms with Crippen molar-refractivity contribution in [2.45, 2.75) is 96.7 Å². The summed E-state index contributed by atoms with van der Waals surface area (Å²) in [5.41, 5.74) is -0.872. The molecule has 2 atom stereocenters. The molecule has 8 nitrogen and oxygen atoms in total. The second kappa shape index (κ2) is 13.8. The summed E-state index contributed by atoms with van der Waals surface area (Å²) >= 11 is 0. The molecule has 0 bridgehead atoms. The molecule has 2 aliphatic rings. The van der Waals surface area contributed by atoms with Crippen LogP contribution in [0, 0.1) is 11.8 Å². The van der Waals surface area contributed by atoms with Gasteiger partial charge in [-0.05, 0) is 53.9 Å². The average molecular weight is 509 g/mol. The van der Waals surface area contributed by atoms with Crippen LogP contribution in [0.5, 0.6) is 0 Å². The fraction of sp³-hybridized carbons (Fsp3) is 0.826. The van der Waals surface area contributed by atoms with Crippen molar-refractivity contribution < 1.29 is 27.5 Å². The van der Waals surface area contributed by atoms with Crippen LogP contribution < -0.4 is 9.44 Å². The maximum absolute atomic E-state index is 11.9. The largest absolute Gasteiger partial charge is 0.377 e. The number of Topliss-reactive ketones (excluding diaryl/α,β-unsaturated/α-hetero) is 1. The van der Waals surface area contributed by atoms with Crippen LogP contribution in [0.2, 0.25) is 0 Å². The molecule has 0 saturated carbocycles. The van der Waals surface area contributed by atoms with Crippen LogP contribution in [0.3, 0.4) is 0 Å². The van der Waals surface area contributed by atoms with Gasteiger partial charge < -0.3 is 14.3 Å². The van der Waals surface area contributed by atoms with Crippen molar-refractivity contribution in [2.24, 2.45) is 0 Å². The molecule has 2 heterocycles. The molecule has 2 unspecified atom stereocenters. The van der Waals surface area contributed by atoms with Crippen molar-refractivity contribution in [3.05, 3.63) is 0 Å². The zero-order chi connectivity index (χ0) is 23.9. The van der Waals surface area contributed by atoms with Crippen molar-refractivity contribution in [2.75, 3.05) is 26.4 Å². The van der Waals surface area contributed by atoms with E-state index in [1.165, 1.54) is 6.92 Å². The van der Waals surface area contributed by atoms with Gasteiger partial charge in [0, 0.05) is 13.3 Å². The quantitative estimate of drug-likeness (QED) is 0.310. The molecule has 2 saturated heterocycles. The highest BCUT2D eigenvalue weighted by Gasteiger charge is 2.41. The van der Waals surface area contributed by atoms with Gasteiger partial charge in [0.25, 0.3) is 0 Å². The summed E-state index contributed by atoms with van der Waals surface area (Å²) in [7, 11) is -2.32. The molecule has 0 aromatic carbocycles. The zero-order valence-corrected chi connectivity index (χ0v) is 21.2. The normalized spacial score (nSPS) is 19.7. The van der Waals surface area contributed by atoms with E-state index in [2.05, 4.69) is 21.3 Å². The van der Waals surface area contributed by atoms with Crippen molar-refractivity contribution in [3.8, 4) is 11.8 Å². The lowest BCUT2D eigenvalue weighted by Crippen LogP contribution is -2.62. The van der Waals surface area contributed by atoms with Gasteiger partial charge >= 0.3 is 0 Å². The number of hydrogen-bond acceptors (Lipinski definition) is 6. The first-order chi connectivity index (χ1) is 14.1. The Bertz CT molecular complexity index is 752. The lowest BCUT2D eigenvalue weighted by Gasteiger charge is -2.42. The van der Waals surface area contributed by atoms with Crippen LogP contribution >= 0.6 is 0 Å². The minimum Gasteiger partial charge on any atom is -0.377 e. The first-order valence-corrected chi connectivity index (χ1v) is 12.5. The molecule has 10 heteroatoms. The van der Waals surface area contributed by atoms with Crippen LogP contribution in [-0.4, -0.2) is 67.5 Å². The second-order valence-electron chi connectivity index (χ2n) is 9.83. The van der Waals surface area contributed by atoms with Crippen molar-refractivity contribution >= 4 is 34.0 Å². The monoisotopic (exact) mass is 508 g/mol. The predicted molar refractivity (Wildman–Crippen MR) is 136 cm³/mol. The third-order valence-corrected chi connectivity index (χ3v) is 7.80. The Balaban J connectivity index is 0. The fourth-order valence-electron chi connectivity index (χ4n) is 2.29. The summed E-state index contributed by atoms with van der Waals surface area (Å²) in [6.07, 6.45) is 2.07. The molecule has 2 fully saturated rings. The van der Waals surface area contributed by atoms with Gasteiger partial charge in [-0.25, -0.2) is 17.9 Å². The highest BCUT2D eigenvalue weighted by atomic mass is 32.2. The van der Waals surface area contributed by atoms with Gasteiger partial charge in [0.2, 0.25) is 5.78 Å². The van der Waals surface area contributed by atoms with Crippen molar-refractivity contribution in [1.82, 2.24) is 9.44 Å². The van der Waals surface area contributed by atoms with E-state index in [4.69, 9.17) is 9.47 Å². The number of aldehydes is 1. The third-order valence-electron chi connectivity index (χ3n) is 4.38. The molecule has 0 aromatic heterocycles. The summed E-state index contributed by atoms with van der Waals surface area (Å²) in [5.74, 6) is 5.09. The number of ether oxygens (including phenoxy) is 2. The van der Waals surface area contributed by atoms with Gasteiger partial charge in [-0.2, -0.15) is 0 Å². The molecular formula is C23H44N2O6S2. The number of ketones is 1.